The summed E-state index contributed by atoms with van der Waals surface area (Å²) in [7, 11) is 0. The summed E-state index contributed by atoms with van der Waals surface area (Å²) in [5.74, 6) is -0.576. The van der Waals surface area contributed by atoms with E-state index >= 15 is 0 Å². The molecule has 4 amide bonds. The van der Waals surface area contributed by atoms with Gasteiger partial charge >= 0.3 is 6.03 Å². The summed E-state index contributed by atoms with van der Waals surface area (Å²) in [6.07, 6.45) is 2.30. The number of hydrogen-bond donors (Lipinski definition) is 3. The molecule has 26 heavy (non-hydrogen) atoms. The molecule has 0 aliphatic carbocycles. The molecular formula is C16H20N6O3S. The van der Waals surface area contributed by atoms with Crippen molar-refractivity contribution in [1.82, 2.24) is 25.4 Å². The van der Waals surface area contributed by atoms with E-state index in [0.29, 0.717) is 17.4 Å². The Bertz CT molecular complexity index is 792. The summed E-state index contributed by atoms with van der Waals surface area (Å²) >= 11 is 1.15. The fourth-order valence-electron chi connectivity index (χ4n) is 2.01. The first-order chi connectivity index (χ1) is 12.5. The van der Waals surface area contributed by atoms with Gasteiger partial charge in [0.05, 0.1) is 11.4 Å². The molecule has 0 bridgehead atoms. The largest absolute Gasteiger partial charge is 0.338 e. The summed E-state index contributed by atoms with van der Waals surface area (Å²) in [4.78, 5) is 34.5. The van der Waals surface area contributed by atoms with Gasteiger partial charge in [-0.05, 0) is 24.6 Å². The van der Waals surface area contributed by atoms with Crippen molar-refractivity contribution in [1.29, 1.82) is 0 Å². The van der Waals surface area contributed by atoms with Gasteiger partial charge in [-0.15, -0.1) is 10.2 Å². The molecule has 10 heteroatoms. The summed E-state index contributed by atoms with van der Waals surface area (Å²) in [5, 5.41) is 15.9. The molecule has 138 valence electrons. The summed E-state index contributed by atoms with van der Waals surface area (Å²) in [5.41, 5.74) is 1.38. The first-order valence-corrected chi connectivity index (χ1v) is 8.96. The molecule has 0 saturated carbocycles. The van der Waals surface area contributed by atoms with Crippen LogP contribution in [0.15, 0.2) is 35.7 Å². The second-order valence-corrected chi connectivity index (χ2v) is 6.25. The van der Waals surface area contributed by atoms with Gasteiger partial charge in [-0.2, -0.15) is 0 Å². The molecule has 0 aliphatic rings. The Morgan fingerprint density at radius 3 is 2.81 bits per heavy atom. The minimum absolute atomic E-state index is 0.0175. The number of rotatable bonds is 7. The van der Waals surface area contributed by atoms with Gasteiger partial charge in [0, 0.05) is 19.2 Å². The van der Waals surface area contributed by atoms with E-state index in [-0.39, 0.29) is 11.7 Å². The van der Waals surface area contributed by atoms with Gasteiger partial charge in [-0.25, -0.2) is 4.79 Å². The van der Waals surface area contributed by atoms with Crippen molar-refractivity contribution in [2.75, 3.05) is 17.6 Å². The first kappa shape index (κ1) is 19.4. The van der Waals surface area contributed by atoms with Crippen molar-refractivity contribution >= 4 is 35.3 Å². The minimum atomic E-state index is -0.512. The van der Waals surface area contributed by atoms with E-state index in [0.717, 1.165) is 23.9 Å². The van der Waals surface area contributed by atoms with E-state index in [1.165, 1.54) is 13.3 Å². The molecule has 0 aliphatic heterocycles. The van der Waals surface area contributed by atoms with Crippen LogP contribution in [0, 0.1) is 0 Å². The zero-order valence-corrected chi connectivity index (χ0v) is 15.3. The summed E-state index contributed by atoms with van der Waals surface area (Å²) in [6.45, 7) is 3.86. The number of thioether (sulfide) groups is 1. The third-order valence-corrected chi connectivity index (χ3v) is 4.03. The molecule has 0 spiro atoms. The summed E-state index contributed by atoms with van der Waals surface area (Å²) in [6, 6.07) is 6.65. The van der Waals surface area contributed by atoms with Crippen LogP contribution in [0.1, 0.15) is 20.3 Å². The highest BCUT2D eigenvalue weighted by Crippen LogP contribution is 2.21. The molecule has 0 fully saturated rings. The van der Waals surface area contributed by atoms with Gasteiger partial charge in [0.15, 0.2) is 5.16 Å². The van der Waals surface area contributed by atoms with Gasteiger partial charge in [0.25, 0.3) is 0 Å². The molecule has 3 N–H and O–H groups in total. The number of urea groups is 1. The number of nitrogens with zero attached hydrogens (tertiary/aromatic N) is 3. The number of anilines is 1. The zero-order valence-electron chi connectivity index (χ0n) is 14.5. The first-order valence-electron chi connectivity index (χ1n) is 7.98. The second kappa shape index (κ2) is 9.56. The predicted molar refractivity (Wildman–Crippen MR) is 98.2 cm³/mol. The number of benzene rings is 1. The monoisotopic (exact) mass is 376 g/mol. The number of carbonyl (C=O) groups excluding carboxylic acids is 3. The molecule has 2 rings (SSSR count). The average molecular weight is 376 g/mol. The van der Waals surface area contributed by atoms with E-state index < -0.39 is 11.9 Å². The fraction of sp³-hybridized carbons (Fsp3) is 0.312. The Labute approximate surface area is 154 Å². The molecule has 9 nitrogen and oxygen atoms in total. The van der Waals surface area contributed by atoms with Crippen molar-refractivity contribution in [3.8, 4) is 5.69 Å². The average Bonchev–Trinajstić information content (AvgIpc) is 3.06. The normalized spacial score (nSPS) is 10.2. The van der Waals surface area contributed by atoms with E-state index in [2.05, 4.69) is 26.1 Å². The molecular weight excluding hydrogens is 356 g/mol. The molecule has 1 heterocycles. The lowest BCUT2D eigenvalue weighted by molar-refractivity contribution is -0.117. The fourth-order valence-corrected chi connectivity index (χ4v) is 2.74. The molecule has 0 saturated heterocycles. The van der Waals surface area contributed by atoms with Crippen LogP contribution in [0.25, 0.3) is 5.69 Å². The Morgan fingerprint density at radius 2 is 2.08 bits per heavy atom. The van der Waals surface area contributed by atoms with Crippen molar-refractivity contribution in [3.63, 3.8) is 0 Å². The van der Waals surface area contributed by atoms with E-state index in [9.17, 15) is 14.4 Å². The van der Waals surface area contributed by atoms with Gasteiger partial charge < -0.3 is 10.6 Å². The van der Waals surface area contributed by atoms with Crippen LogP contribution in [-0.2, 0) is 9.59 Å². The van der Waals surface area contributed by atoms with Gasteiger partial charge in [-0.3, -0.25) is 19.5 Å². The lowest BCUT2D eigenvalue weighted by Gasteiger charge is -2.09. The number of imide groups is 1. The second-order valence-electron chi connectivity index (χ2n) is 5.31. The highest BCUT2D eigenvalue weighted by atomic mass is 32.2. The number of carbonyl (C=O) groups is 3. The Balaban J connectivity index is 1.99. The quantitative estimate of drug-likeness (QED) is 0.631. The Morgan fingerprint density at radius 1 is 1.27 bits per heavy atom. The topological polar surface area (TPSA) is 118 Å². The molecule has 0 radical (unpaired) electrons. The third kappa shape index (κ3) is 5.88. The number of amides is 4. The number of aromatic nitrogens is 3. The smallest absolute Gasteiger partial charge is 0.321 e. The number of hydrogen-bond acceptors (Lipinski definition) is 6. The van der Waals surface area contributed by atoms with Crippen LogP contribution in [0.4, 0.5) is 10.5 Å². The molecule has 0 unspecified atom stereocenters. The predicted octanol–water partition coefficient (Wildman–Crippen LogP) is 1.55. The standard InChI is InChI=1S/C16H20N6O3S/c1-3-7-17-15(25)20-14(24)9-26-16-21-18-10-22(16)13-6-4-5-12(8-13)19-11(2)23/h4-6,8,10H,3,7,9H2,1-2H3,(H,19,23)(H2,17,20,24,25). The summed E-state index contributed by atoms with van der Waals surface area (Å²) < 4.78 is 1.69. The zero-order chi connectivity index (χ0) is 18.9. The molecule has 0 atom stereocenters. The lowest BCUT2D eigenvalue weighted by Crippen LogP contribution is -2.40. The van der Waals surface area contributed by atoms with Crippen molar-refractivity contribution in [2.24, 2.45) is 0 Å². The van der Waals surface area contributed by atoms with Crippen molar-refractivity contribution in [2.45, 2.75) is 25.4 Å². The third-order valence-electron chi connectivity index (χ3n) is 3.08. The maximum atomic E-state index is 11.8. The highest BCUT2D eigenvalue weighted by molar-refractivity contribution is 7.99. The van der Waals surface area contributed by atoms with Crippen LogP contribution < -0.4 is 16.0 Å². The highest BCUT2D eigenvalue weighted by Gasteiger charge is 2.12. The van der Waals surface area contributed by atoms with Crippen LogP contribution in [-0.4, -0.2) is 44.9 Å². The lowest BCUT2D eigenvalue weighted by atomic mass is 10.2. The Hall–Kier alpha value is -2.88. The molecule has 1 aromatic heterocycles. The van der Waals surface area contributed by atoms with Gasteiger partial charge in [0.2, 0.25) is 11.8 Å². The number of nitrogens with one attached hydrogen (secondary N) is 3. The van der Waals surface area contributed by atoms with E-state index in [1.54, 1.807) is 22.8 Å². The Kier molecular flexibility index (Phi) is 7.15. The SMILES string of the molecule is CCCNC(=O)NC(=O)CSc1nncn1-c1cccc(NC(C)=O)c1. The minimum Gasteiger partial charge on any atom is -0.338 e. The van der Waals surface area contributed by atoms with Crippen LogP contribution >= 0.6 is 11.8 Å². The van der Waals surface area contributed by atoms with Crippen molar-refractivity contribution < 1.29 is 14.4 Å². The van der Waals surface area contributed by atoms with E-state index in [4.69, 9.17) is 0 Å². The maximum absolute atomic E-state index is 11.8. The van der Waals surface area contributed by atoms with Crippen molar-refractivity contribution in [3.05, 3.63) is 30.6 Å². The van der Waals surface area contributed by atoms with Gasteiger partial charge in [0.1, 0.15) is 6.33 Å². The maximum Gasteiger partial charge on any atom is 0.321 e. The molecule has 2 aromatic rings. The molecule has 1 aromatic carbocycles. The van der Waals surface area contributed by atoms with E-state index in [1.807, 2.05) is 13.0 Å². The van der Waals surface area contributed by atoms with Crippen LogP contribution in [0.3, 0.4) is 0 Å². The van der Waals surface area contributed by atoms with Crippen LogP contribution in [0.5, 0.6) is 0 Å². The van der Waals surface area contributed by atoms with Gasteiger partial charge in [-0.1, -0.05) is 24.8 Å². The van der Waals surface area contributed by atoms with Crippen LogP contribution in [0.2, 0.25) is 0 Å².